The summed E-state index contributed by atoms with van der Waals surface area (Å²) in [5, 5.41) is 13.0. The molecule has 0 saturated carbocycles. The number of benzene rings is 1. The summed E-state index contributed by atoms with van der Waals surface area (Å²) in [5.74, 6) is -0.510. The smallest absolute Gasteiger partial charge is 0.282 e. The van der Waals surface area contributed by atoms with Crippen molar-refractivity contribution >= 4 is 23.2 Å². The predicted octanol–water partition coefficient (Wildman–Crippen LogP) is 1.14. The Bertz CT molecular complexity index is 529. The van der Waals surface area contributed by atoms with Crippen LogP contribution in [0.2, 0.25) is 5.02 Å². The van der Waals surface area contributed by atoms with Gasteiger partial charge in [-0.1, -0.05) is 11.6 Å². The van der Waals surface area contributed by atoms with Crippen molar-refractivity contribution in [3.8, 4) is 0 Å². The summed E-state index contributed by atoms with van der Waals surface area (Å²) in [6.45, 7) is 3.02. The van der Waals surface area contributed by atoms with E-state index in [1.54, 1.807) is 5.01 Å². The van der Waals surface area contributed by atoms with E-state index in [2.05, 4.69) is 10.3 Å². The van der Waals surface area contributed by atoms with E-state index in [-0.39, 0.29) is 11.3 Å². The first-order valence-electron chi connectivity index (χ1n) is 6.16. The van der Waals surface area contributed by atoms with Gasteiger partial charge < -0.3 is 4.90 Å². The lowest BCUT2D eigenvalue weighted by atomic mass is 10.1. The summed E-state index contributed by atoms with van der Waals surface area (Å²) in [7, 11) is 2.00. The fourth-order valence-electron chi connectivity index (χ4n) is 1.97. The van der Waals surface area contributed by atoms with Gasteiger partial charge in [-0.05, 0) is 19.2 Å². The molecule has 1 aromatic rings. The Hall–Kier alpha value is -1.70. The molecule has 0 spiro atoms. The molecule has 1 aliphatic rings. The zero-order valence-corrected chi connectivity index (χ0v) is 11.8. The van der Waals surface area contributed by atoms with E-state index >= 15 is 0 Å². The van der Waals surface area contributed by atoms with E-state index in [9.17, 15) is 14.9 Å². The highest BCUT2D eigenvalue weighted by atomic mass is 35.5. The molecule has 0 bridgehead atoms. The first kappa shape index (κ1) is 14.7. The molecule has 1 N–H and O–H groups in total. The molecule has 1 fully saturated rings. The number of nitro benzene ring substituents is 1. The lowest BCUT2D eigenvalue weighted by molar-refractivity contribution is -0.385. The second-order valence-electron chi connectivity index (χ2n) is 4.65. The number of nitrogens with one attached hydrogen (secondary N) is 1. The molecule has 20 heavy (non-hydrogen) atoms. The summed E-state index contributed by atoms with van der Waals surface area (Å²) in [6.07, 6.45) is 0. The molecule has 0 unspecified atom stereocenters. The number of hydrazine groups is 1. The van der Waals surface area contributed by atoms with E-state index in [0.29, 0.717) is 18.1 Å². The first-order chi connectivity index (χ1) is 9.47. The quantitative estimate of drug-likeness (QED) is 0.669. The van der Waals surface area contributed by atoms with Gasteiger partial charge in [0.15, 0.2) is 0 Å². The van der Waals surface area contributed by atoms with Crippen LogP contribution >= 0.6 is 11.6 Å². The van der Waals surface area contributed by atoms with E-state index < -0.39 is 10.8 Å². The lowest BCUT2D eigenvalue weighted by Gasteiger charge is -2.32. The Morgan fingerprint density at radius 1 is 1.35 bits per heavy atom. The van der Waals surface area contributed by atoms with Gasteiger partial charge in [0, 0.05) is 37.3 Å². The zero-order valence-electron chi connectivity index (χ0n) is 11.0. The van der Waals surface area contributed by atoms with Gasteiger partial charge >= 0.3 is 0 Å². The van der Waals surface area contributed by atoms with Gasteiger partial charge in [-0.25, -0.2) is 5.01 Å². The molecule has 2 rings (SSSR count). The van der Waals surface area contributed by atoms with Crippen LogP contribution in [0.1, 0.15) is 10.4 Å². The molecular formula is C12H15ClN4O3. The van der Waals surface area contributed by atoms with E-state index in [1.165, 1.54) is 18.2 Å². The second kappa shape index (κ2) is 6.17. The van der Waals surface area contributed by atoms with Crippen molar-refractivity contribution in [1.82, 2.24) is 15.3 Å². The minimum absolute atomic E-state index is 0.0265. The van der Waals surface area contributed by atoms with Gasteiger partial charge in [0.2, 0.25) is 0 Å². The maximum atomic E-state index is 12.1. The van der Waals surface area contributed by atoms with Gasteiger partial charge in [-0.3, -0.25) is 20.3 Å². The van der Waals surface area contributed by atoms with Crippen molar-refractivity contribution in [1.29, 1.82) is 0 Å². The number of likely N-dealkylation sites (N-methyl/N-ethyl adjacent to an activating group) is 1. The molecule has 1 saturated heterocycles. The highest BCUT2D eigenvalue weighted by Gasteiger charge is 2.23. The van der Waals surface area contributed by atoms with Gasteiger partial charge in [0.1, 0.15) is 5.56 Å². The molecule has 1 aliphatic heterocycles. The highest BCUT2D eigenvalue weighted by Crippen LogP contribution is 2.22. The largest absolute Gasteiger partial charge is 0.304 e. The highest BCUT2D eigenvalue weighted by molar-refractivity contribution is 6.31. The number of rotatable bonds is 3. The third kappa shape index (κ3) is 3.44. The molecule has 0 radical (unpaired) electrons. The maximum absolute atomic E-state index is 12.1. The number of halogens is 1. The third-order valence-electron chi connectivity index (χ3n) is 3.16. The fraction of sp³-hybridized carbons (Fsp3) is 0.417. The minimum atomic E-state index is -0.588. The monoisotopic (exact) mass is 298 g/mol. The van der Waals surface area contributed by atoms with Crippen molar-refractivity contribution in [2.24, 2.45) is 0 Å². The molecule has 0 aliphatic carbocycles. The van der Waals surface area contributed by atoms with E-state index in [4.69, 9.17) is 11.6 Å². The van der Waals surface area contributed by atoms with Gasteiger partial charge in [0.05, 0.1) is 4.92 Å². The third-order valence-corrected chi connectivity index (χ3v) is 3.40. The Labute approximate surface area is 121 Å². The van der Waals surface area contributed by atoms with Crippen molar-refractivity contribution in [2.45, 2.75) is 0 Å². The number of piperazine rings is 1. The summed E-state index contributed by atoms with van der Waals surface area (Å²) in [6, 6.07) is 3.94. The number of carbonyl (C=O) groups excluding carboxylic acids is 1. The Balaban J connectivity index is 2.12. The number of hydrogen-bond acceptors (Lipinski definition) is 5. The van der Waals surface area contributed by atoms with Crippen LogP contribution in [-0.4, -0.2) is 54.0 Å². The number of amides is 1. The number of carbonyl (C=O) groups is 1. The Morgan fingerprint density at radius 3 is 2.60 bits per heavy atom. The van der Waals surface area contributed by atoms with Crippen molar-refractivity contribution < 1.29 is 9.72 Å². The van der Waals surface area contributed by atoms with Crippen LogP contribution in [0, 0.1) is 10.1 Å². The van der Waals surface area contributed by atoms with Crippen molar-refractivity contribution in [3.63, 3.8) is 0 Å². The van der Waals surface area contributed by atoms with E-state index in [0.717, 1.165) is 13.1 Å². The van der Waals surface area contributed by atoms with Crippen LogP contribution in [0.4, 0.5) is 5.69 Å². The predicted molar refractivity (Wildman–Crippen MR) is 74.6 cm³/mol. The first-order valence-corrected chi connectivity index (χ1v) is 6.53. The maximum Gasteiger partial charge on any atom is 0.282 e. The molecule has 8 heteroatoms. The molecule has 7 nitrogen and oxygen atoms in total. The Morgan fingerprint density at radius 2 is 2.00 bits per heavy atom. The normalized spacial score (nSPS) is 16.9. The van der Waals surface area contributed by atoms with Crippen LogP contribution in [-0.2, 0) is 0 Å². The fourth-order valence-corrected chi connectivity index (χ4v) is 2.14. The van der Waals surface area contributed by atoms with Crippen LogP contribution in [0.15, 0.2) is 18.2 Å². The number of nitro groups is 1. The molecule has 0 atom stereocenters. The topological polar surface area (TPSA) is 78.7 Å². The number of nitrogens with zero attached hydrogens (tertiary/aromatic N) is 3. The van der Waals surface area contributed by atoms with Crippen LogP contribution < -0.4 is 5.43 Å². The van der Waals surface area contributed by atoms with E-state index in [1.807, 2.05) is 7.05 Å². The Kier molecular flexibility index (Phi) is 4.53. The molecule has 1 heterocycles. The van der Waals surface area contributed by atoms with Crippen molar-refractivity contribution in [2.75, 3.05) is 33.2 Å². The zero-order chi connectivity index (χ0) is 14.7. The van der Waals surface area contributed by atoms with Crippen LogP contribution in [0.5, 0.6) is 0 Å². The summed E-state index contributed by atoms with van der Waals surface area (Å²) in [5.41, 5.74) is 2.41. The molecule has 108 valence electrons. The van der Waals surface area contributed by atoms with Gasteiger partial charge in [-0.2, -0.15) is 0 Å². The van der Waals surface area contributed by atoms with Crippen LogP contribution in [0.25, 0.3) is 0 Å². The molecule has 1 amide bonds. The standard InChI is InChI=1S/C12H15ClN4O3/c1-15-4-6-16(7-5-15)14-12(18)10-8-9(13)2-3-11(10)17(19)20/h2-3,8H,4-7H2,1H3,(H,14,18). The summed E-state index contributed by atoms with van der Waals surface area (Å²) >= 11 is 5.80. The molecular weight excluding hydrogens is 284 g/mol. The number of hydrogen-bond donors (Lipinski definition) is 1. The second-order valence-corrected chi connectivity index (χ2v) is 5.09. The molecule has 1 aromatic carbocycles. The molecule has 0 aromatic heterocycles. The average molecular weight is 299 g/mol. The van der Waals surface area contributed by atoms with Gasteiger partial charge in [-0.15, -0.1) is 0 Å². The van der Waals surface area contributed by atoms with Crippen LogP contribution in [0.3, 0.4) is 0 Å². The van der Waals surface area contributed by atoms with Gasteiger partial charge in [0.25, 0.3) is 11.6 Å². The lowest BCUT2D eigenvalue weighted by Crippen LogP contribution is -2.52. The van der Waals surface area contributed by atoms with Crippen molar-refractivity contribution in [3.05, 3.63) is 38.9 Å². The average Bonchev–Trinajstić information content (AvgIpc) is 2.41. The summed E-state index contributed by atoms with van der Waals surface area (Å²) in [4.78, 5) is 24.6. The minimum Gasteiger partial charge on any atom is -0.304 e. The SMILES string of the molecule is CN1CCN(NC(=O)c2cc(Cl)ccc2[N+](=O)[O-])CC1. The summed E-state index contributed by atoms with van der Waals surface area (Å²) < 4.78 is 0.